The number of ether oxygens (including phenoxy) is 5. The molecule has 0 spiro atoms. The first-order valence-corrected chi connectivity index (χ1v) is 31.7. The summed E-state index contributed by atoms with van der Waals surface area (Å²) in [6.07, 6.45) is 51.6. The van der Waals surface area contributed by atoms with Crippen molar-refractivity contribution < 1.29 is 66.8 Å². The lowest BCUT2D eigenvalue weighted by Gasteiger charge is -2.18. The summed E-state index contributed by atoms with van der Waals surface area (Å²) in [4.78, 5) is 109. The third kappa shape index (κ3) is 31.6. The van der Waals surface area contributed by atoms with Crippen LogP contribution in [0.1, 0.15) is 245 Å². The average Bonchev–Trinajstić information content (AvgIpc) is 4.14. The standard InChI is InChI=1S/C68H100O14/c1-4-7-30-40-55(59-49-64(73)81-67(59)76)42-34-26-20-16-13-17-21-28-36-44-61(70)78-52-57(79-62(71)45-37-29-23-22-27-35-43-56(41-31-8-5-2)60-50-65(74)82-68(60)77)47-46-53(51-69)38-32-24-18-14-11-9-10-12-15-19-25-33-39-54(6-3)58-48-63(72)80-66(58)75/h10,12,19-20,25-26,33-35,39,42-43,54-60H,4-9,11,13-18,21-24,27-32,36-38,40-41,44-50,52H2,1-3H3/b12-10-,25-19-,26-20-,39-33+,42-34+,43-35+. The maximum absolute atomic E-state index is 13.1. The zero-order valence-corrected chi connectivity index (χ0v) is 50.1. The average molecular weight is 1140 g/mol. The van der Waals surface area contributed by atoms with Gasteiger partial charge in [0.1, 0.15) is 18.7 Å². The van der Waals surface area contributed by atoms with E-state index in [2.05, 4.69) is 56.2 Å². The highest BCUT2D eigenvalue weighted by atomic mass is 16.6. The Morgan fingerprint density at radius 3 is 1.46 bits per heavy atom. The minimum atomic E-state index is -0.675. The Morgan fingerprint density at radius 1 is 0.476 bits per heavy atom. The van der Waals surface area contributed by atoms with Gasteiger partial charge in [-0.2, -0.15) is 0 Å². The number of carbonyl (C=O) groups is 8. The Morgan fingerprint density at radius 2 is 0.939 bits per heavy atom. The van der Waals surface area contributed by atoms with Gasteiger partial charge in [0.25, 0.3) is 0 Å². The smallest absolute Gasteiger partial charge is 0.317 e. The fourth-order valence-corrected chi connectivity index (χ4v) is 10.8. The van der Waals surface area contributed by atoms with Gasteiger partial charge < -0.3 is 23.7 Å². The monoisotopic (exact) mass is 1140 g/mol. The lowest BCUT2D eigenvalue weighted by molar-refractivity contribution is -0.159. The fourth-order valence-electron chi connectivity index (χ4n) is 10.8. The van der Waals surface area contributed by atoms with Gasteiger partial charge in [-0.15, -0.1) is 0 Å². The molecule has 14 heteroatoms. The maximum Gasteiger partial charge on any atom is 0.317 e. The van der Waals surface area contributed by atoms with Crippen LogP contribution in [0.25, 0.3) is 0 Å². The molecule has 0 amide bonds. The van der Waals surface area contributed by atoms with Gasteiger partial charge in [0.15, 0.2) is 0 Å². The van der Waals surface area contributed by atoms with Crippen LogP contribution in [0.3, 0.4) is 0 Å². The Kier molecular flexibility index (Phi) is 38.5. The van der Waals surface area contributed by atoms with Crippen molar-refractivity contribution in [3.63, 3.8) is 0 Å². The van der Waals surface area contributed by atoms with Gasteiger partial charge in [-0.05, 0) is 120 Å². The van der Waals surface area contributed by atoms with E-state index in [4.69, 9.17) is 23.7 Å². The Bertz CT molecular complexity index is 2170. The summed E-state index contributed by atoms with van der Waals surface area (Å²) in [6.45, 7) is 6.21. The van der Waals surface area contributed by atoms with Crippen molar-refractivity contribution >= 4 is 53.7 Å². The highest BCUT2D eigenvalue weighted by molar-refractivity contribution is 5.96. The van der Waals surface area contributed by atoms with Crippen LogP contribution < -0.4 is 0 Å². The molecule has 7 unspecified atom stereocenters. The van der Waals surface area contributed by atoms with Crippen LogP contribution in [0.15, 0.2) is 78.5 Å². The second-order valence-electron chi connectivity index (χ2n) is 22.6. The molecule has 0 aromatic carbocycles. The van der Waals surface area contributed by atoms with Crippen molar-refractivity contribution in [1.82, 2.24) is 0 Å². The quantitative estimate of drug-likeness (QED) is 0.0106. The van der Waals surface area contributed by atoms with Crippen molar-refractivity contribution in [3.05, 3.63) is 78.5 Å². The van der Waals surface area contributed by atoms with E-state index in [9.17, 15) is 43.2 Å². The predicted octanol–water partition coefficient (Wildman–Crippen LogP) is 15.2. The molecule has 0 aromatic rings. The molecule has 7 atom stereocenters. The van der Waals surface area contributed by atoms with Gasteiger partial charge in [-0.3, -0.25) is 38.4 Å². The molecule has 0 aliphatic carbocycles. The largest absolute Gasteiger partial charge is 0.462 e. The fraction of sp³-hybridized carbons (Fsp3) is 0.676. The number of hydrogen-bond donors (Lipinski definition) is 0. The zero-order valence-electron chi connectivity index (χ0n) is 50.1. The van der Waals surface area contributed by atoms with Gasteiger partial charge in [0.05, 0.1) is 37.0 Å². The lowest BCUT2D eigenvalue weighted by atomic mass is 9.86. The molecule has 456 valence electrons. The molecule has 0 bridgehead atoms. The van der Waals surface area contributed by atoms with Crippen LogP contribution in [0.5, 0.6) is 0 Å². The van der Waals surface area contributed by atoms with E-state index >= 15 is 0 Å². The summed E-state index contributed by atoms with van der Waals surface area (Å²) in [5.41, 5.74) is 0.641. The molecule has 14 nitrogen and oxygen atoms in total. The number of carbonyl (C=O) groups excluding carboxylic acids is 9. The number of allylic oxidation sites excluding steroid dienone is 13. The number of esters is 8. The van der Waals surface area contributed by atoms with Gasteiger partial charge in [-0.25, -0.2) is 4.79 Å². The van der Waals surface area contributed by atoms with E-state index in [1.54, 1.807) is 0 Å². The predicted molar refractivity (Wildman–Crippen MR) is 318 cm³/mol. The van der Waals surface area contributed by atoms with Gasteiger partial charge in [0, 0.05) is 18.4 Å². The summed E-state index contributed by atoms with van der Waals surface area (Å²) in [5, 5.41) is 0. The molecule has 3 aliphatic heterocycles. The van der Waals surface area contributed by atoms with E-state index in [0.717, 1.165) is 161 Å². The first-order valence-electron chi connectivity index (χ1n) is 31.7. The van der Waals surface area contributed by atoms with Gasteiger partial charge in [-0.1, -0.05) is 184 Å². The summed E-state index contributed by atoms with van der Waals surface area (Å²) >= 11 is 0. The van der Waals surface area contributed by atoms with Gasteiger partial charge >= 0.3 is 47.8 Å². The summed E-state index contributed by atoms with van der Waals surface area (Å²) in [6, 6.07) is 0. The molecular weight excluding hydrogens is 1040 g/mol. The second-order valence-corrected chi connectivity index (χ2v) is 22.6. The van der Waals surface area contributed by atoms with Crippen LogP contribution in [0, 0.1) is 35.5 Å². The minimum absolute atomic E-state index is 0.00483. The third-order valence-corrected chi connectivity index (χ3v) is 15.8. The van der Waals surface area contributed by atoms with Crippen molar-refractivity contribution in [3.8, 4) is 0 Å². The van der Waals surface area contributed by atoms with Crippen molar-refractivity contribution in [2.75, 3.05) is 6.61 Å². The number of cyclic esters (lactones) is 6. The van der Waals surface area contributed by atoms with Crippen LogP contribution in [-0.4, -0.2) is 66.4 Å². The van der Waals surface area contributed by atoms with Gasteiger partial charge in [0.2, 0.25) is 0 Å². The molecule has 0 N–H and O–H groups in total. The first kappa shape index (κ1) is 70.5. The molecule has 0 radical (unpaired) electrons. The minimum Gasteiger partial charge on any atom is -0.462 e. The third-order valence-electron chi connectivity index (χ3n) is 15.8. The number of unbranched alkanes of at least 4 members (excludes halogenated alkanes) is 18. The SMILES string of the molecule is CCCCCC(/C=C/C=C\CCCCCCCC(=O)OCC(CCC(=C=O)CCCCCCC/C=C\C/C=C\C=C\C(CC)C1CC(=O)OC1=O)OC(=O)CCCCCC/C=C/C(CCCCC)C1CC(=O)OC1=O)C1CC(=O)OC1=O. The maximum atomic E-state index is 13.1. The van der Waals surface area contributed by atoms with Crippen LogP contribution in [0.2, 0.25) is 0 Å². The highest BCUT2D eigenvalue weighted by Crippen LogP contribution is 2.32. The summed E-state index contributed by atoms with van der Waals surface area (Å²) in [5.74, 6) is -2.35. The molecule has 0 aromatic heterocycles. The number of hydrogen-bond acceptors (Lipinski definition) is 14. The van der Waals surface area contributed by atoms with E-state index in [-0.39, 0.29) is 74.3 Å². The molecule has 82 heavy (non-hydrogen) atoms. The molecule has 3 saturated heterocycles. The molecule has 3 aliphatic rings. The second kappa shape index (κ2) is 44.8. The van der Waals surface area contributed by atoms with Crippen LogP contribution in [0.4, 0.5) is 0 Å². The summed E-state index contributed by atoms with van der Waals surface area (Å²) in [7, 11) is 0. The lowest BCUT2D eigenvalue weighted by Crippen LogP contribution is -2.25. The van der Waals surface area contributed by atoms with Crippen molar-refractivity contribution in [2.45, 2.75) is 252 Å². The van der Waals surface area contributed by atoms with E-state index in [1.165, 1.54) is 0 Å². The Labute approximate surface area is 490 Å². The van der Waals surface area contributed by atoms with Crippen molar-refractivity contribution in [1.29, 1.82) is 0 Å². The molecular formula is C68H100O14. The Hall–Kier alpha value is -5.75. The normalized spacial score (nSPS) is 19.1. The molecule has 3 fully saturated rings. The van der Waals surface area contributed by atoms with Crippen molar-refractivity contribution in [2.24, 2.45) is 35.5 Å². The topological polar surface area (TPSA) is 200 Å². The van der Waals surface area contributed by atoms with E-state index < -0.39 is 53.8 Å². The van der Waals surface area contributed by atoms with Crippen LogP contribution >= 0.6 is 0 Å². The van der Waals surface area contributed by atoms with E-state index in [0.29, 0.717) is 37.7 Å². The first-order chi connectivity index (χ1) is 39.9. The highest BCUT2D eigenvalue weighted by Gasteiger charge is 2.39. The molecule has 0 saturated carbocycles. The Balaban J connectivity index is 1.37. The zero-order chi connectivity index (χ0) is 59.4. The molecule has 3 heterocycles. The number of rotatable bonds is 48. The van der Waals surface area contributed by atoms with E-state index in [1.807, 2.05) is 43.4 Å². The molecule has 3 rings (SSSR count). The summed E-state index contributed by atoms with van der Waals surface area (Å²) < 4.78 is 25.9. The van der Waals surface area contributed by atoms with Crippen LogP contribution in [-0.2, 0) is 66.8 Å².